The minimum atomic E-state index is -0.672. The normalized spacial score (nSPS) is 15.7. The van der Waals surface area contributed by atoms with Gasteiger partial charge in [0.25, 0.3) is 0 Å². The number of fused-ring (bicyclic) bond motifs is 1. The highest BCUT2D eigenvalue weighted by molar-refractivity contribution is 6.00. The summed E-state index contributed by atoms with van der Waals surface area (Å²) in [5.74, 6) is 0.0547. The Morgan fingerprint density at radius 3 is 2.80 bits per heavy atom. The number of rotatable bonds is 6. The lowest BCUT2D eigenvalue weighted by atomic mass is 9.96. The summed E-state index contributed by atoms with van der Waals surface area (Å²) < 4.78 is 11.4. The lowest BCUT2D eigenvalue weighted by Crippen LogP contribution is -2.35. The van der Waals surface area contributed by atoms with Gasteiger partial charge in [0.05, 0.1) is 18.4 Å². The fourth-order valence-corrected chi connectivity index (χ4v) is 4.26. The minimum Gasteiger partial charge on any atom is -0.422 e. The number of ether oxygens (including phenoxy) is 1. The smallest absolute Gasteiger partial charge is 0.347 e. The second kappa shape index (κ2) is 9.65. The quantitative estimate of drug-likeness (QED) is 0.284. The largest absolute Gasteiger partial charge is 0.422 e. The first-order valence-electron chi connectivity index (χ1n) is 11.4. The van der Waals surface area contributed by atoms with Crippen molar-refractivity contribution in [1.29, 1.82) is 0 Å². The van der Waals surface area contributed by atoms with Crippen LogP contribution >= 0.6 is 0 Å². The van der Waals surface area contributed by atoms with Gasteiger partial charge in [-0.2, -0.15) is 0 Å². The maximum Gasteiger partial charge on any atom is 0.347 e. The van der Waals surface area contributed by atoms with Crippen molar-refractivity contribution in [2.24, 2.45) is 0 Å². The molecule has 0 saturated carbocycles. The number of benzene rings is 2. The molecule has 1 unspecified atom stereocenters. The van der Waals surface area contributed by atoms with Gasteiger partial charge in [-0.05, 0) is 37.3 Å². The van der Waals surface area contributed by atoms with Crippen LogP contribution in [0.3, 0.4) is 0 Å². The average molecular weight is 472 g/mol. The minimum absolute atomic E-state index is 0.0340. The summed E-state index contributed by atoms with van der Waals surface area (Å²) in [7, 11) is 1.87. The Balaban J connectivity index is 1.51. The summed E-state index contributed by atoms with van der Waals surface area (Å²) in [6.07, 6.45) is 1.27. The Hall–Kier alpha value is -4.08. The Labute approximate surface area is 201 Å². The van der Waals surface area contributed by atoms with E-state index in [1.165, 1.54) is 6.92 Å². The second-order valence-electron chi connectivity index (χ2n) is 8.23. The van der Waals surface area contributed by atoms with Gasteiger partial charge in [0.15, 0.2) is 5.78 Å². The third kappa shape index (κ3) is 4.64. The van der Waals surface area contributed by atoms with E-state index in [2.05, 4.69) is 25.9 Å². The standard InChI is InChI=1S/C26H25N5O4/c1-15(32)23-24(22-14-28-10-11-34-22)19-7-6-18(13-21(19)35-25(23)33)30-26-29-9-8-20(31-26)16-4-3-5-17(12-16)27-2/h3-9,12-13,22,27-28H,10-11,14H2,1-2H3,(H,29,30,31). The van der Waals surface area contributed by atoms with Gasteiger partial charge in [-0.25, -0.2) is 14.8 Å². The van der Waals surface area contributed by atoms with Crippen LogP contribution in [0.2, 0.25) is 0 Å². The molecule has 3 heterocycles. The molecule has 0 aliphatic carbocycles. The molecule has 9 heteroatoms. The molecule has 3 N–H and O–H groups in total. The molecule has 0 amide bonds. The molecule has 0 radical (unpaired) electrons. The summed E-state index contributed by atoms with van der Waals surface area (Å²) >= 11 is 0. The van der Waals surface area contributed by atoms with Gasteiger partial charge in [0.1, 0.15) is 11.1 Å². The fraction of sp³-hybridized carbons (Fsp3) is 0.231. The molecule has 1 fully saturated rings. The number of Topliss-reactive ketones (excluding diaryl/α,β-unsaturated/α-hetero) is 1. The number of nitrogens with zero attached hydrogens (tertiary/aromatic N) is 2. The van der Waals surface area contributed by atoms with E-state index >= 15 is 0 Å². The molecule has 1 saturated heterocycles. The number of aromatic nitrogens is 2. The van der Waals surface area contributed by atoms with E-state index in [0.717, 1.165) is 23.5 Å². The number of nitrogens with one attached hydrogen (secondary N) is 3. The number of carbonyl (C=O) groups is 1. The lowest BCUT2D eigenvalue weighted by Gasteiger charge is -2.26. The molecule has 0 bridgehead atoms. The molecular weight excluding hydrogens is 446 g/mol. The molecule has 5 rings (SSSR count). The van der Waals surface area contributed by atoms with Gasteiger partial charge in [-0.1, -0.05) is 12.1 Å². The summed E-state index contributed by atoms with van der Waals surface area (Å²) in [5.41, 5.74) is 3.62. The molecule has 9 nitrogen and oxygen atoms in total. The molecule has 178 valence electrons. The first kappa shape index (κ1) is 22.7. The number of hydrogen-bond donors (Lipinski definition) is 3. The predicted molar refractivity (Wildman–Crippen MR) is 134 cm³/mol. The second-order valence-corrected chi connectivity index (χ2v) is 8.23. The number of hydrogen-bond acceptors (Lipinski definition) is 9. The van der Waals surface area contributed by atoms with Crippen LogP contribution < -0.4 is 21.6 Å². The van der Waals surface area contributed by atoms with E-state index in [-0.39, 0.29) is 11.3 Å². The van der Waals surface area contributed by atoms with E-state index in [9.17, 15) is 9.59 Å². The van der Waals surface area contributed by atoms with Crippen LogP contribution in [-0.4, -0.2) is 42.5 Å². The van der Waals surface area contributed by atoms with Crippen molar-refractivity contribution in [2.75, 3.05) is 37.4 Å². The van der Waals surface area contributed by atoms with E-state index in [4.69, 9.17) is 9.15 Å². The first-order valence-corrected chi connectivity index (χ1v) is 11.4. The van der Waals surface area contributed by atoms with Gasteiger partial charge in [0, 0.05) is 60.3 Å². The van der Waals surface area contributed by atoms with Crippen molar-refractivity contribution in [3.8, 4) is 11.3 Å². The van der Waals surface area contributed by atoms with Crippen molar-refractivity contribution in [3.63, 3.8) is 0 Å². The highest BCUT2D eigenvalue weighted by atomic mass is 16.5. The third-order valence-corrected chi connectivity index (χ3v) is 5.91. The van der Waals surface area contributed by atoms with Crippen molar-refractivity contribution >= 4 is 34.1 Å². The van der Waals surface area contributed by atoms with Crippen LogP contribution in [0.1, 0.15) is 28.9 Å². The van der Waals surface area contributed by atoms with E-state index in [1.54, 1.807) is 12.3 Å². The van der Waals surface area contributed by atoms with Crippen molar-refractivity contribution in [2.45, 2.75) is 13.0 Å². The topological polar surface area (TPSA) is 118 Å². The van der Waals surface area contributed by atoms with Crippen LogP contribution in [-0.2, 0) is 4.74 Å². The highest BCUT2D eigenvalue weighted by Gasteiger charge is 2.27. The Kier molecular flexibility index (Phi) is 6.26. The molecule has 1 aliphatic heterocycles. The Morgan fingerprint density at radius 2 is 2.03 bits per heavy atom. The zero-order chi connectivity index (χ0) is 24.4. The van der Waals surface area contributed by atoms with Gasteiger partial charge in [-0.3, -0.25) is 4.79 Å². The molecular formula is C26H25N5O4. The van der Waals surface area contributed by atoms with Crippen LogP contribution in [0.5, 0.6) is 0 Å². The van der Waals surface area contributed by atoms with Crippen LogP contribution in [0, 0.1) is 0 Å². The van der Waals surface area contributed by atoms with Crippen LogP contribution in [0.4, 0.5) is 17.3 Å². The van der Waals surface area contributed by atoms with Crippen LogP contribution in [0.25, 0.3) is 22.2 Å². The molecule has 0 spiro atoms. The Bertz CT molecular complexity index is 1460. The first-order chi connectivity index (χ1) is 17.0. The third-order valence-electron chi connectivity index (χ3n) is 5.91. The zero-order valence-electron chi connectivity index (χ0n) is 19.4. The van der Waals surface area contributed by atoms with Crippen molar-refractivity contribution in [1.82, 2.24) is 15.3 Å². The summed E-state index contributed by atoms with van der Waals surface area (Å²) in [6, 6.07) is 15.1. The monoisotopic (exact) mass is 471 g/mol. The maximum atomic E-state index is 12.7. The van der Waals surface area contributed by atoms with Crippen molar-refractivity contribution in [3.05, 3.63) is 76.3 Å². The lowest BCUT2D eigenvalue weighted by molar-refractivity contribution is 0.0277. The molecule has 4 aromatic rings. The molecule has 2 aromatic heterocycles. The molecule has 35 heavy (non-hydrogen) atoms. The zero-order valence-corrected chi connectivity index (χ0v) is 19.4. The predicted octanol–water partition coefficient (Wildman–Crippen LogP) is 3.90. The number of anilines is 3. The molecule has 1 atom stereocenters. The van der Waals surface area contributed by atoms with Gasteiger partial charge < -0.3 is 25.1 Å². The number of morpholine rings is 1. The Morgan fingerprint density at radius 1 is 1.14 bits per heavy atom. The molecule has 1 aliphatic rings. The summed E-state index contributed by atoms with van der Waals surface area (Å²) in [6.45, 7) is 3.09. The fourth-order valence-electron chi connectivity index (χ4n) is 4.26. The van der Waals surface area contributed by atoms with Gasteiger partial charge in [-0.15, -0.1) is 0 Å². The van der Waals surface area contributed by atoms with Crippen LogP contribution in [0.15, 0.2) is 63.9 Å². The van der Waals surface area contributed by atoms with E-state index in [1.807, 2.05) is 49.5 Å². The maximum absolute atomic E-state index is 12.7. The average Bonchev–Trinajstić information content (AvgIpc) is 2.88. The number of ketones is 1. The summed E-state index contributed by atoms with van der Waals surface area (Å²) in [4.78, 5) is 34.0. The summed E-state index contributed by atoms with van der Waals surface area (Å²) in [5, 5.41) is 10.2. The van der Waals surface area contributed by atoms with E-state index in [0.29, 0.717) is 41.3 Å². The number of carbonyl (C=O) groups excluding carboxylic acids is 1. The SMILES string of the molecule is CNc1cccc(-c2ccnc(Nc3ccc4c(C5CNCCO5)c(C(C)=O)c(=O)oc4c3)n2)c1. The van der Waals surface area contributed by atoms with Crippen molar-refractivity contribution < 1.29 is 13.9 Å². The van der Waals surface area contributed by atoms with E-state index < -0.39 is 11.7 Å². The van der Waals surface area contributed by atoms with Gasteiger partial charge in [0.2, 0.25) is 5.95 Å². The molecule has 2 aromatic carbocycles. The van der Waals surface area contributed by atoms with Gasteiger partial charge >= 0.3 is 5.63 Å². The highest BCUT2D eigenvalue weighted by Crippen LogP contribution is 2.31.